The minimum absolute atomic E-state index is 0.137. The van der Waals surface area contributed by atoms with Gasteiger partial charge in [0.2, 0.25) is 0 Å². The van der Waals surface area contributed by atoms with E-state index in [1.165, 1.54) is 11.8 Å². The van der Waals surface area contributed by atoms with E-state index in [1.807, 2.05) is 43.3 Å². The molecule has 0 radical (unpaired) electrons. The highest BCUT2D eigenvalue weighted by Gasteiger charge is 2.31. The molecule has 8 heteroatoms. The molecular formula is C22H23NO5S2. The van der Waals surface area contributed by atoms with Crippen LogP contribution < -0.4 is 4.74 Å². The number of amides is 1. The van der Waals surface area contributed by atoms with Crippen LogP contribution in [0.2, 0.25) is 0 Å². The second kappa shape index (κ2) is 10.4. The second-order valence-corrected chi connectivity index (χ2v) is 8.37. The summed E-state index contributed by atoms with van der Waals surface area (Å²) in [6, 6.07) is 11.3. The van der Waals surface area contributed by atoms with Crippen molar-refractivity contribution in [1.29, 1.82) is 0 Å². The van der Waals surface area contributed by atoms with Crippen LogP contribution in [0.25, 0.3) is 17.4 Å². The molecule has 1 N–H and O–H groups in total. The molecule has 1 aliphatic heterocycles. The molecule has 0 atom stereocenters. The average molecular weight is 446 g/mol. The van der Waals surface area contributed by atoms with E-state index < -0.39 is 5.97 Å². The van der Waals surface area contributed by atoms with E-state index in [2.05, 4.69) is 0 Å². The number of carbonyl (C=O) groups is 2. The maximum atomic E-state index is 12.7. The Hall–Kier alpha value is -2.58. The van der Waals surface area contributed by atoms with Crippen LogP contribution in [-0.2, 0) is 9.59 Å². The molecule has 158 valence electrons. The molecule has 0 saturated carbocycles. The lowest BCUT2D eigenvalue weighted by Crippen LogP contribution is -2.29. The number of carboxylic acid groups (broad SMARTS) is 1. The first-order valence-electron chi connectivity index (χ1n) is 9.78. The number of thiocarbonyl (C=S) groups is 1. The third-order valence-corrected chi connectivity index (χ3v) is 5.87. The van der Waals surface area contributed by atoms with Crippen LogP contribution in [0, 0.1) is 0 Å². The largest absolute Gasteiger partial charge is 0.494 e. The van der Waals surface area contributed by atoms with Crippen molar-refractivity contribution in [2.75, 3.05) is 13.2 Å². The van der Waals surface area contributed by atoms with Gasteiger partial charge in [-0.05, 0) is 56.2 Å². The van der Waals surface area contributed by atoms with Crippen LogP contribution in [0.15, 0.2) is 45.7 Å². The molecule has 1 saturated heterocycles. The van der Waals surface area contributed by atoms with E-state index in [1.54, 1.807) is 11.0 Å². The maximum absolute atomic E-state index is 12.7. The van der Waals surface area contributed by atoms with Crippen molar-refractivity contribution in [1.82, 2.24) is 4.90 Å². The number of hydrogen-bond acceptors (Lipinski definition) is 6. The van der Waals surface area contributed by atoms with E-state index in [0.717, 1.165) is 24.2 Å². The molecule has 1 fully saturated rings. The number of hydrogen-bond donors (Lipinski definition) is 1. The van der Waals surface area contributed by atoms with E-state index in [4.69, 9.17) is 26.5 Å². The summed E-state index contributed by atoms with van der Waals surface area (Å²) in [6.07, 6.45) is 3.91. The summed E-state index contributed by atoms with van der Waals surface area (Å²) in [5, 5.41) is 8.68. The second-order valence-electron chi connectivity index (χ2n) is 6.70. The SMILES string of the molecule is CCOc1ccc(-c2ccc(/C=C3\SC(=S)N(CCCCCC(=O)O)C3=O)o2)cc1. The van der Waals surface area contributed by atoms with Gasteiger partial charge in [0.1, 0.15) is 21.6 Å². The Bertz CT molecular complexity index is 949. The molecule has 30 heavy (non-hydrogen) atoms. The fourth-order valence-corrected chi connectivity index (χ4v) is 4.30. The number of ether oxygens (including phenoxy) is 1. The number of thioether (sulfide) groups is 1. The minimum atomic E-state index is -0.799. The normalized spacial score (nSPS) is 15.2. The number of aliphatic carboxylic acids is 1. The Morgan fingerprint density at radius 3 is 2.67 bits per heavy atom. The zero-order valence-corrected chi connectivity index (χ0v) is 18.3. The molecule has 1 aliphatic rings. The van der Waals surface area contributed by atoms with E-state index >= 15 is 0 Å². The molecule has 1 aromatic heterocycles. The van der Waals surface area contributed by atoms with Crippen molar-refractivity contribution in [2.45, 2.75) is 32.6 Å². The predicted molar refractivity (Wildman–Crippen MR) is 121 cm³/mol. The standard InChI is InChI=1S/C22H23NO5S2/c1-2-27-16-9-7-15(8-10-16)18-12-11-17(28-18)14-19-21(26)23(22(29)30-19)13-5-3-4-6-20(24)25/h7-12,14H,2-6,13H2,1H3,(H,24,25)/b19-14-. The Morgan fingerprint density at radius 2 is 1.97 bits per heavy atom. The third-order valence-electron chi connectivity index (χ3n) is 4.50. The van der Waals surface area contributed by atoms with Gasteiger partial charge in [0.25, 0.3) is 5.91 Å². The van der Waals surface area contributed by atoms with Crippen LogP contribution in [-0.4, -0.2) is 39.4 Å². The fraction of sp³-hybridized carbons (Fsp3) is 0.318. The quantitative estimate of drug-likeness (QED) is 0.306. The van der Waals surface area contributed by atoms with Gasteiger partial charge in [0, 0.05) is 24.6 Å². The summed E-state index contributed by atoms with van der Waals surface area (Å²) in [5.41, 5.74) is 0.923. The number of carboxylic acids is 1. The first-order chi connectivity index (χ1) is 14.5. The highest BCUT2D eigenvalue weighted by atomic mass is 32.2. The Kier molecular flexibility index (Phi) is 7.70. The molecule has 0 bridgehead atoms. The van der Waals surface area contributed by atoms with Gasteiger partial charge in [-0.15, -0.1) is 0 Å². The smallest absolute Gasteiger partial charge is 0.303 e. The van der Waals surface area contributed by atoms with Gasteiger partial charge < -0.3 is 14.3 Å². The first-order valence-corrected chi connectivity index (χ1v) is 11.0. The summed E-state index contributed by atoms with van der Waals surface area (Å²) in [5.74, 6) is 1.16. The van der Waals surface area contributed by atoms with E-state index in [0.29, 0.717) is 40.3 Å². The highest BCUT2D eigenvalue weighted by molar-refractivity contribution is 8.26. The lowest BCUT2D eigenvalue weighted by Gasteiger charge is -2.13. The van der Waals surface area contributed by atoms with Crippen molar-refractivity contribution < 1.29 is 23.8 Å². The van der Waals surface area contributed by atoms with Gasteiger partial charge in [-0.1, -0.05) is 30.4 Å². The summed E-state index contributed by atoms with van der Waals surface area (Å²) in [7, 11) is 0. The zero-order valence-electron chi connectivity index (χ0n) is 16.6. The molecule has 3 rings (SSSR count). The van der Waals surface area contributed by atoms with Crippen LogP contribution in [0.5, 0.6) is 5.75 Å². The molecule has 0 unspecified atom stereocenters. The first kappa shape index (κ1) is 22.1. The number of benzene rings is 1. The van der Waals surface area contributed by atoms with Crippen LogP contribution in [0.1, 0.15) is 38.4 Å². The fourth-order valence-electron chi connectivity index (χ4n) is 3.01. The summed E-state index contributed by atoms with van der Waals surface area (Å²) < 4.78 is 11.9. The lowest BCUT2D eigenvalue weighted by atomic mass is 10.2. The number of rotatable bonds is 10. The Balaban J connectivity index is 1.61. The van der Waals surface area contributed by atoms with Gasteiger partial charge in [-0.25, -0.2) is 0 Å². The monoisotopic (exact) mass is 445 g/mol. The molecule has 1 aromatic carbocycles. The zero-order chi connectivity index (χ0) is 21.5. The van der Waals surface area contributed by atoms with Crippen LogP contribution >= 0.6 is 24.0 Å². The van der Waals surface area contributed by atoms with Gasteiger partial charge >= 0.3 is 5.97 Å². The molecule has 6 nitrogen and oxygen atoms in total. The Morgan fingerprint density at radius 1 is 1.20 bits per heavy atom. The van der Waals surface area contributed by atoms with Gasteiger partial charge in [-0.2, -0.15) is 0 Å². The van der Waals surface area contributed by atoms with E-state index in [9.17, 15) is 9.59 Å². The van der Waals surface area contributed by atoms with Crippen molar-refractivity contribution in [3.63, 3.8) is 0 Å². The number of furan rings is 1. The molecule has 0 spiro atoms. The van der Waals surface area contributed by atoms with Crippen LogP contribution in [0.3, 0.4) is 0 Å². The third kappa shape index (κ3) is 5.73. The predicted octanol–water partition coefficient (Wildman–Crippen LogP) is 5.19. The molecule has 0 aliphatic carbocycles. The molecule has 2 heterocycles. The molecule has 1 amide bonds. The maximum Gasteiger partial charge on any atom is 0.303 e. The Labute approximate surface area is 184 Å². The summed E-state index contributed by atoms with van der Waals surface area (Å²) in [4.78, 5) is 25.3. The topological polar surface area (TPSA) is 80.0 Å². The number of carbonyl (C=O) groups excluding carboxylic acids is 1. The van der Waals surface area contributed by atoms with Gasteiger partial charge in [0.15, 0.2) is 0 Å². The lowest BCUT2D eigenvalue weighted by molar-refractivity contribution is -0.137. The van der Waals surface area contributed by atoms with Crippen molar-refractivity contribution >= 4 is 46.3 Å². The highest BCUT2D eigenvalue weighted by Crippen LogP contribution is 2.34. The van der Waals surface area contributed by atoms with Crippen molar-refractivity contribution in [3.8, 4) is 17.1 Å². The van der Waals surface area contributed by atoms with Gasteiger partial charge in [-0.3, -0.25) is 14.5 Å². The average Bonchev–Trinajstić information content (AvgIpc) is 3.28. The van der Waals surface area contributed by atoms with Gasteiger partial charge in [0.05, 0.1) is 11.5 Å². The number of unbranched alkanes of at least 4 members (excludes halogenated alkanes) is 2. The molecular weight excluding hydrogens is 422 g/mol. The number of nitrogens with zero attached hydrogens (tertiary/aromatic N) is 1. The molecule has 2 aromatic rings. The van der Waals surface area contributed by atoms with Crippen LogP contribution in [0.4, 0.5) is 0 Å². The van der Waals surface area contributed by atoms with Crippen molar-refractivity contribution in [3.05, 3.63) is 47.1 Å². The van der Waals surface area contributed by atoms with Crippen molar-refractivity contribution in [2.24, 2.45) is 0 Å². The summed E-state index contributed by atoms with van der Waals surface area (Å²) in [6.45, 7) is 3.05. The van der Waals surface area contributed by atoms with E-state index in [-0.39, 0.29) is 12.3 Å². The minimum Gasteiger partial charge on any atom is -0.494 e. The summed E-state index contributed by atoms with van der Waals surface area (Å²) >= 11 is 6.59.